The van der Waals surface area contributed by atoms with Gasteiger partial charge >= 0.3 is 11.9 Å². The van der Waals surface area contributed by atoms with Crippen molar-refractivity contribution in [3.63, 3.8) is 0 Å². The molecule has 0 aromatic heterocycles. The summed E-state index contributed by atoms with van der Waals surface area (Å²) in [5, 5.41) is 10.7. The molecule has 0 radical (unpaired) electrons. The van der Waals surface area contributed by atoms with Gasteiger partial charge in [0.05, 0.1) is 0 Å². The van der Waals surface area contributed by atoms with Crippen LogP contribution < -0.4 is 5.32 Å². The summed E-state index contributed by atoms with van der Waals surface area (Å²) < 4.78 is 0. The molecule has 1 atom stereocenters. The molecule has 1 amide bonds. The van der Waals surface area contributed by atoms with Gasteiger partial charge in [-0.3, -0.25) is 4.79 Å². The number of carbonyl (C=O) groups is 2. The van der Waals surface area contributed by atoms with E-state index < -0.39 is 11.9 Å². The molecule has 0 aliphatic carbocycles. The molecule has 0 saturated heterocycles. The van der Waals surface area contributed by atoms with Crippen LogP contribution in [0.15, 0.2) is 0 Å². The van der Waals surface area contributed by atoms with Gasteiger partial charge in [-0.15, -0.1) is 0 Å². The minimum Gasteiger partial charge on any atom is -0.474 e. The average Bonchev–Trinajstić information content (AvgIpc) is 2.03. The Morgan fingerprint density at radius 2 is 2.17 bits per heavy atom. The van der Waals surface area contributed by atoms with E-state index in [4.69, 9.17) is 5.11 Å². The maximum Gasteiger partial charge on any atom is 0.394 e. The van der Waals surface area contributed by atoms with Crippen LogP contribution in [0.3, 0.4) is 0 Å². The summed E-state index contributed by atoms with van der Waals surface area (Å²) in [5.41, 5.74) is 0. The molecule has 0 rings (SSSR count). The van der Waals surface area contributed by atoms with E-state index >= 15 is 0 Å². The number of carboxylic acid groups (broad SMARTS) is 1. The summed E-state index contributed by atoms with van der Waals surface area (Å²) in [7, 11) is 0. The van der Waals surface area contributed by atoms with Crippen LogP contribution >= 0.6 is 11.8 Å². The Morgan fingerprint density at radius 3 is 2.50 bits per heavy atom. The van der Waals surface area contributed by atoms with Gasteiger partial charge in [-0.25, -0.2) is 4.79 Å². The van der Waals surface area contributed by atoms with Gasteiger partial charge in [-0.05, 0) is 12.7 Å². The first kappa shape index (κ1) is 11.3. The van der Waals surface area contributed by atoms with Gasteiger partial charge in [0.15, 0.2) is 0 Å². The number of thioether (sulfide) groups is 1. The molecule has 1 unspecified atom stereocenters. The van der Waals surface area contributed by atoms with E-state index in [0.29, 0.717) is 0 Å². The van der Waals surface area contributed by atoms with E-state index in [1.165, 1.54) is 0 Å². The number of rotatable bonds is 4. The number of hydrogen-bond donors (Lipinski definition) is 2. The van der Waals surface area contributed by atoms with Crippen molar-refractivity contribution in [3.05, 3.63) is 0 Å². The first-order chi connectivity index (χ1) is 5.61. The van der Waals surface area contributed by atoms with Crippen LogP contribution in [0.4, 0.5) is 0 Å². The number of carboxylic acids is 1. The Kier molecular flexibility index (Phi) is 5.53. The van der Waals surface area contributed by atoms with Crippen LogP contribution in [0.2, 0.25) is 0 Å². The summed E-state index contributed by atoms with van der Waals surface area (Å²) in [6.45, 7) is 1.91. The minimum absolute atomic E-state index is 0.0383. The Labute approximate surface area is 75.7 Å². The third kappa shape index (κ3) is 4.23. The molecule has 2 N–H and O–H groups in total. The number of nitrogens with one attached hydrogen (secondary N) is 1. The zero-order valence-electron chi connectivity index (χ0n) is 7.16. The number of hydrogen-bond acceptors (Lipinski definition) is 3. The lowest BCUT2D eigenvalue weighted by Gasteiger charge is -2.13. The molecule has 5 heteroatoms. The van der Waals surface area contributed by atoms with Crippen molar-refractivity contribution in [2.45, 2.75) is 19.4 Å². The summed E-state index contributed by atoms with van der Waals surface area (Å²) in [5.74, 6) is -1.60. The molecule has 4 nitrogen and oxygen atoms in total. The lowest BCUT2D eigenvalue weighted by atomic mass is 10.2. The second-order valence-corrected chi connectivity index (χ2v) is 3.25. The lowest BCUT2D eigenvalue weighted by molar-refractivity contribution is -0.150. The van der Waals surface area contributed by atoms with E-state index in [-0.39, 0.29) is 6.04 Å². The van der Waals surface area contributed by atoms with Crippen molar-refractivity contribution in [2.24, 2.45) is 0 Å². The topological polar surface area (TPSA) is 66.4 Å². The van der Waals surface area contributed by atoms with Gasteiger partial charge in [0.25, 0.3) is 0 Å². The highest BCUT2D eigenvalue weighted by Crippen LogP contribution is 2.00. The molecule has 0 fully saturated rings. The monoisotopic (exact) mass is 191 g/mol. The molecule has 0 aromatic carbocycles. The first-order valence-corrected chi connectivity index (χ1v) is 5.03. The van der Waals surface area contributed by atoms with Crippen molar-refractivity contribution in [2.75, 3.05) is 12.0 Å². The van der Waals surface area contributed by atoms with Crippen molar-refractivity contribution in [3.8, 4) is 0 Å². The maximum absolute atomic E-state index is 10.7. The zero-order chi connectivity index (χ0) is 9.56. The van der Waals surface area contributed by atoms with E-state index in [0.717, 1.165) is 12.2 Å². The lowest BCUT2D eigenvalue weighted by Crippen LogP contribution is -2.40. The molecule has 0 saturated carbocycles. The molecule has 0 aliphatic rings. The fraction of sp³-hybridized carbons (Fsp3) is 0.714. The van der Waals surface area contributed by atoms with E-state index in [2.05, 4.69) is 5.32 Å². The van der Waals surface area contributed by atoms with E-state index in [1.807, 2.05) is 13.2 Å². The van der Waals surface area contributed by atoms with E-state index in [9.17, 15) is 9.59 Å². The Hall–Kier alpha value is -0.710. The van der Waals surface area contributed by atoms with Crippen LogP contribution in [0, 0.1) is 0 Å². The average molecular weight is 191 g/mol. The smallest absolute Gasteiger partial charge is 0.394 e. The highest BCUT2D eigenvalue weighted by Gasteiger charge is 2.15. The Morgan fingerprint density at radius 1 is 1.58 bits per heavy atom. The molecule has 0 spiro atoms. The standard InChI is InChI=1S/C7H13NO3S/c1-3-5(4-12-2)8-6(9)7(10)11/h5H,3-4H2,1-2H3,(H,8,9)(H,10,11). The SMILES string of the molecule is CCC(CSC)NC(=O)C(=O)O. The zero-order valence-corrected chi connectivity index (χ0v) is 7.98. The predicted molar refractivity (Wildman–Crippen MR) is 48.2 cm³/mol. The van der Waals surface area contributed by atoms with Crippen LogP contribution in [-0.4, -0.2) is 35.0 Å². The third-order valence-electron chi connectivity index (χ3n) is 1.39. The fourth-order valence-electron chi connectivity index (χ4n) is 0.710. The van der Waals surface area contributed by atoms with Crippen molar-refractivity contribution >= 4 is 23.6 Å². The van der Waals surface area contributed by atoms with Crippen molar-refractivity contribution in [1.82, 2.24) is 5.32 Å². The molecule has 0 aliphatic heterocycles. The summed E-state index contributed by atoms with van der Waals surface area (Å²) in [4.78, 5) is 20.8. The normalized spacial score (nSPS) is 12.2. The summed E-state index contributed by atoms with van der Waals surface area (Å²) in [6, 6.07) is -0.0383. The molecule has 0 heterocycles. The largest absolute Gasteiger partial charge is 0.474 e. The summed E-state index contributed by atoms with van der Waals surface area (Å²) in [6.07, 6.45) is 2.66. The minimum atomic E-state index is -1.42. The molecule has 12 heavy (non-hydrogen) atoms. The van der Waals surface area contributed by atoms with Crippen molar-refractivity contribution in [1.29, 1.82) is 0 Å². The molecular formula is C7H13NO3S. The fourth-order valence-corrected chi connectivity index (χ4v) is 1.43. The Balaban J connectivity index is 3.85. The number of amides is 1. The second kappa shape index (κ2) is 5.88. The van der Waals surface area contributed by atoms with Gasteiger partial charge in [-0.2, -0.15) is 11.8 Å². The molecule has 0 aromatic rings. The van der Waals surface area contributed by atoms with Crippen LogP contribution in [0.25, 0.3) is 0 Å². The number of aliphatic carboxylic acids is 1. The predicted octanol–water partition coefficient (Wildman–Crippen LogP) is 0.329. The maximum atomic E-state index is 10.7. The van der Waals surface area contributed by atoms with Gasteiger partial charge < -0.3 is 10.4 Å². The molecular weight excluding hydrogens is 178 g/mol. The number of carbonyl (C=O) groups excluding carboxylic acids is 1. The van der Waals surface area contributed by atoms with Crippen LogP contribution in [0.1, 0.15) is 13.3 Å². The molecule has 0 bridgehead atoms. The van der Waals surface area contributed by atoms with E-state index in [1.54, 1.807) is 11.8 Å². The van der Waals surface area contributed by atoms with Gasteiger partial charge in [-0.1, -0.05) is 6.92 Å². The highest BCUT2D eigenvalue weighted by atomic mass is 32.2. The first-order valence-electron chi connectivity index (χ1n) is 3.64. The van der Waals surface area contributed by atoms with Crippen LogP contribution in [0.5, 0.6) is 0 Å². The second-order valence-electron chi connectivity index (χ2n) is 2.34. The quantitative estimate of drug-likeness (QED) is 0.628. The summed E-state index contributed by atoms with van der Waals surface area (Å²) >= 11 is 1.58. The highest BCUT2D eigenvalue weighted by molar-refractivity contribution is 7.98. The van der Waals surface area contributed by atoms with Crippen molar-refractivity contribution < 1.29 is 14.7 Å². The van der Waals surface area contributed by atoms with Gasteiger partial charge in [0.2, 0.25) is 0 Å². The van der Waals surface area contributed by atoms with Crippen LogP contribution in [-0.2, 0) is 9.59 Å². The van der Waals surface area contributed by atoms with Gasteiger partial charge in [0, 0.05) is 11.8 Å². The van der Waals surface area contributed by atoms with Gasteiger partial charge in [0.1, 0.15) is 0 Å². The molecule has 70 valence electrons. The Bertz CT molecular complexity index is 172. The third-order valence-corrected chi connectivity index (χ3v) is 2.13.